The fourth-order valence-corrected chi connectivity index (χ4v) is 9.00. The first-order valence-electron chi connectivity index (χ1n) is 21.5. The molecule has 64 heavy (non-hydrogen) atoms. The van der Waals surface area contributed by atoms with E-state index in [2.05, 4.69) is 176 Å². The van der Waals surface area contributed by atoms with Crippen LogP contribution in [0.15, 0.2) is 224 Å². The van der Waals surface area contributed by atoms with Crippen LogP contribution in [0.3, 0.4) is 0 Å². The predicted molar refractivity (Wildman–Crippen MR) is 263 cm³/mol. The Hall–Kier alpha value is -8.67. The van der Waals surface area contributed by atoms with E-state index in [1.807, 2.05) is 48.5 Å². The molecule has 0 saturated heterocycles. The monoisotopic (exact) mass is 815 g/mol. The van der Waals surface area contributed by atoms with Gasteiger partial charge in [-0.1, -0.05) is 206 Å². The van der Waals surface area contributed by atoms with Crippen LogP contribution in [0.5, 0.6) is 0 Å². The molecule has 12 aromatic rings. The number of para-hydroxylation sites is 1. The van der Waals surface area contributed by atoms with Gasteiger partial charge < -0.3 is 0 Å². The number of pyridine rings is 1. The van der Waals surface area contributed by atoms with Crippen molar-refractivity contribution in [2.24, 2.45) is 0 Å². The van der Waals surface area contributed by atoms with E-state index in [1.165, 1.54) is 0 Å². The summed E-state index contributed by atoms with van der Waals surface area (Å²) in [5.74, 6) is 0.684. The van der Waals surface area contributed by atoms with Gasteiger partial charge >= 0.3 is 0 Å². The summed E-state index contributed by atoms with van der Waals surface area (Å²) >= 11 is 0. The molecule has 0 aliphatic rings. The maximum atomic E-state index is 5.66. The minimum atomic E-state index is 0.684. The third-order valence-electron chi connectivity index (χ3n) is 12.1. The van der Waals surface area contributed by atoms with E-state index in [1.54, 1.807) is 0 Å². The second-order valence-corrected chi connectivity index (χ2v) is 16.0. The van der Waals surface area contributed by atoms with Gasteiger partial charge in [0.25, 0.3) is 0 Å². The lowest BCUT2D eigenvalue weighted by atomic mass is 9.90. The molecule has 0 aliphatic heterocycles. The Kier molecular flexibility index (Phi) is 9.08. The zero-order chi connectivity index (χ0) is 42.4. The van der Waals surface area contributed by atoms with Gasteiger partial charge in [-0.2, -0.15) is 0 Å². The van der Waals surface area contributed by atoms with Crippen LogP contribution in [0.2, 0.25) is 0 Å². The Morgan fingerprint density at radius 2 is 0.766 bits per heavy atom. The molecule has 298 valence electrons. The van der Waals surface area contributed by atoms with E-state index in [0.29, 0.717) is 5.82 Å². The Labute approximate surface area is 370 Å². The summed E-state index contributed by atoms with van der Waals surface area (Å²) in [4.78, 5) is 26.9. The lowest BCUT2D eigenvalue weighted by Crippen LogP contribution is -2.00. The van der Waals surface area contributed by atoms with Crippen LogP contribution >= 0.6 is 0 Å². The topological polar surface area (TPSA) is 64.5 Å². The average molecular weight is 816 g/mol. The van der Waals surface area contributed by atoms with E-state index in [4.69, 9.17) is 24.9 Å². The average Bonchev–Trinajstić information content (AvgIpc) is 3.38. The lowest BCUT2D eigenvalue weighted by molar-refractivity contribution is 1.18. The molecular formula is C59H37N5. The zero-order valence-corrected chi connectivity index (χ0v) is 34.6. The Morgan fingerprint density at radius 1 is 0.266 bits per heavy atom. The highest BCUT2D eigenvalue weighted by Gasteiger charge is 2.23. The second kappa shape index (κ2) is 15.7. The van der Waals surface area contributed by atoms with Gasteiger partial charge in [-0.05, 0) is 40.1 Å². The fourth-order valence-electron chi connectivity index (χ4n) is 9.00. The van der Waals surface area contributed by atoms with Crippen molar-refractivity contribution in [2.75, 3.05) is 0 Å². The van der Waals surface area contributed by atoms with E-state index >= 15 is 0 Å². The molecule has 9 aromatic carbocycles. The van der Waals surface area contributed by atoms with Crippen LogP contribution < -0.4 is 0 Å². The summed E-state index contributed by atoms with van der Waals surface area (Å²) in [5, 5.41) is 5.37. The van der Waals surface area contributed by atoms with Gasteiger partial charge in [0.1, 0.15) is 0 Å². The number of benzene rings is 9. The molecule has 5 heteroatoms. The molecule has 0 radical (unpaired) electrons. The second-order valence-electron chi connectivity index (χ2n) is 16.0. The number of nitrogens with zero attached hydrogens (tertiary/aromatic N) is 5. The largest absolute Gasteiger partial charge is 0.247 e. The molecule has 0 bridgehead atoms. The number of rotatable bonds is 7. The minimum Gasteiger partial charge on any atom is -0.247 e. The van der Waals surface area contributed by atoms with Gasteiger partial charge in [0.05, 0.1) is 45.0 Å². The minimum absolute atomic E-state index is 0.684. The third kappa shape index (κ3) is 6.55. The van der Waals surface area contributed by atoms with Crippen LogP contribution in [0.4, 0.5) is 0 Å². The van der Waals surface area contributed by atoms with E-state index in [-0.39, 0.29) is 0 Å². The van der Waals surface area contributed by atoms with Gasteiger partial charge in [-0.25, -0.2) is 24.9 Å². The standard InChI is InChI=1S/C59H37N5/c1-5-19-40(20-6-1)50-37-51(63-59(62-50)44-25-11-4-12-26-44)41-34-32-39(33-35-41)48-36-52-58(64-56(43-23-9-3-10-24-43)55(61-52)42-21-7-2-8-22-42)54-53(48)47-29-15-16-31-49(47)60-57(54)46-30-17-27-38-18-13-14-28-45(38)46/h1-37H. The van der Waals surface area contributed by atoms with Crippen molar-refractivity contribution in [1.82, 2.24) is 24.9 Å². The summed E-state index contributed by atoms with van der Waals surface area (Å²) in [6.07, 6.45) is 0. The molecule has 0 N–H and O–H groups in total. The van der Waals surface area contributed by atoms with Crippen molar-refractivity contribution < 1.29 is 0 Å². The molecule has 0 unspecified atom stereocenters. The van der Waals surface area contributed by atoms with Crippen molar-refractivity contribution in [1.29, 1.82) is 0 Å². The van der Waals surface area contributed by atoms with Crippen molar-refractivity contribution >= 4 is 43.5 Å². The highest BCUT2D eigenvalue weighted by Crippen LogP contribution is 2.45. The Balaban J connectivity index is 1.15. The lowest BCUT2D eigenvalue weighted by Gasteiger charge is -2.19. The van der Waals surface area contributed by atoms with Crippen molar-refractivity contribution in [3.05, 3.63) is 224 Å². The number of hydrogen-bond donors (Lipinski definition) is 0. The molecule has 0 fully saturated rings. The number of aromatic nitrogens is 5. The molecule has 3 aromatic heterocycles. The van der Waals surface area contributed by atoms with Crippen molar-refractivity contribution in [3.63, 3.8) is 0 Å². The van der Waals surface area contributed by atoms with Crippen LogP contribution in [-0.2, 0) is 0 Å². The highest BCUT2D eigenvalue weighted by molar-refractivity contribution is 6.26. The van der Waals surface area contributed by atoms with Gasteiger partial charge in [-0.15, -0.1) is 0 Å². The molecule has 12 rings (SSSR count). The van der Waals surface area contributed by atoms with Gasteiger partial charge in [0, 0.05) is 49.5 Å². The quantitative estimate of drug-likeness (QED) is 0.150. The molecule has 0 aliphatic carbocycles. The molecule has 0 atom stereocenters. The summed E-state index contributed by atoms with van der Waals surface area (Å²) < 4.78 is 0. The SMILES string of the molecule is c1ccc(-c2cc(-c3ccc(-c4cc5nc(-c6ccccc6)c(-c6ccccc6)nc5c5c(-c6cccc7ccccc67)nc6ccccc6c45)cc3)nc(-c3ccccc3)n2)cc1. The van der Waals surface area contributed by atoms with E-state index in [9.17, 15) is 0 Å². The predicted octanol–water partition coefficient (Wildman–Crippen LogP) is 14.9. The first kappa shape index (κ1) is 37.1. The van der Waals surface area contributed by atoms with Crippen LogP contribution in [0, 0.1) is 0 Å². The number of fused-ring (bicyclic) bond motifs is 6. The molecule has 0 amide bonds. The van der Waals surface area contributed by atoms with Crippen molar-refractivity contribution in [2.45, 2.75) is 0 Å². The summed E-state index contributed by atoms with van der Waals surface area (Å²) in [6, 6.07) is 77.8. The number of hydrogen-bond acceptors (Lipinski definition) is 5. The molecule has 0 saturated carbocycles. The summed E-state index contributed by atoms with van der Waals surface area (Å²) in [6.45, 7) is 0. The molecule has 0 spiro atoms. The Morgan fingerprint density at radius 3 is 1.44 bits per heavy atom. The smallest absolute Gasteiger partial charge is 0.160 e. The van der Waals surface area contributed by atoms with Crippen LogP contribution in [0.1, 0.15) is 0 Å². The van der Waals surface area contributed by atoms with Gasteiger partial charge in [0.15, 0.2) is 5.82 Å². The van der Waals surface area contributed by atoms with E-state index < -0.39 is 0 Å². The first-order valence-corrected chi connectivity index (χ1v) is 21.5. The molecule has 3 heterocycles. The highest BCUT2D eigenvalue weighted by atomic mass is 14.9. The zero-order valence-electron chi connectivity index (χ0n) is 34.6. The first-order chi connectivity index (χ1) is 31.7. The van der Waals surface area contributed by atoms with Crippen molar-refractivity contribution in [3.8, 4) is 78.8 Å². The normalized spacial score (nSPS) is 11.4. The maximum absolute atomic E-state index is 5.66. The summed E-state index contributed by atoms with van der Waals surface area (Å²) in [5.41, 5.74) is 14.9. The maximum Gasteiger partial charge on any atom is 0.160 e. The van der Waals surface area contributed by atoms with Gasteiger partial charge in [-0.3, -0.25) is 0 Å². The van der Waals surface area contributed by atoms with Crippen LogP contribution in [0.25, 0.3) is 122 Å². The van der Waals surface area contributed by atoms with Crippen LogP contribution in [-0.4, -0.2) is 24.9 Å². The fraction of sp³-hybridized carbons (Fsp3) is 0. The third-order valence-corrected chi connectivity index (χ3v) is 12.1. The summed E-state index contributed by atoms with van der Waals surface area (Å²) in [7, 11) is 0. The Bertz CT molecular complexity index is 3620. The van der Waals surface area contributed by atoms with E-state index in [0.717, 1.165) is 116 Å². The molecule has 5 nitrogen and oxygen atoms in total. The molecular weight excluding hydrogens is 779 g/mol. The van der Waals surface area contributed by atoms with Gasteiger partial charge in [0.2, 0.25) is 0 Å².